The molecule has 0 bridgehead atoms. The summed E-state index contributed by atoms with van der Waals surface area (Å²) in [5.41, 5.74) is 0. The van der Waals surface area contributed by atoms with Crippen LogP contribution in [0.5, 0.6) is 0 Å². The number of aliphatic hydroxyl groups excluding tert-OH is 1. The molecule has 4 nitrogen and oxygen atoms in total. The summed E-state index contributed by atoms with van der Waals surface area (Å²) in [7, 11) is 0. The molecule has 11 heavy (non-hydrogen) atoms. The van der Waals surface area contributed by atoms with Crippen LogP contribution < -0.4 is 0 Å². The van der Waals surface area contributed by atoms with Crippen LogP contribution in [-0.2, 0) is 9.47 Å². The Hall–Kier alpha value is -0.630. The van der Waals surface area contributed by atoms with Crippen LogP contribution in [0.3, 0.4) is 0 Å². The molecule has 0 aliphatic carbocycles. The first-order valence-corrected chi connectivity index (χ1v) is 3.61. The lowest BCUT2D eigenvalue weighted by atomic mass is 10.3. The normalized spacial score (nSPS) is 31.3. The van der Waals surface area contributed by atoms with E-state index in [0.717, 1.165) is 0 Å². The molecular formula is C7H11NO3. The third-order valence-corrected chi connectivity index (χ3v) is 1.44. The molecule has 0 unspecified atom stereocenters. The maximum absolute atomic E-state index is 8.94. The number of hydrogen-bond donors (Lipinski definition) is 1. The maximum Gasteiger partial charge on any atom is 0.158 e. The SMILES string of the molecule is N#CCCC1OCC(O)CO1. The highest BCUT2D eigenvalue weighted by molar-refractivity contribution is 4.71. The van der Waals surface area contributed by atoms with E-state index in [1.54, 1.807) is 0 Å². The van der Waals surface area contributed by atoms with Gasteiger partial charge in [0.15, 0.2) is 6.29 Å². The Balaban J connectivity index is 2.13. The number of rotatable bonds is 2. The van der Waals surface area contributed by atoms with Crippen molar-refractivity contribution in [2.45, 2.75) is 25.2 Å². The molecule has 0 amide bonds. The fourth-order valence-corrected chi connectivity index (χ4v) is 0.882. The molecule has 0 aromatic rings. The Labute approximate surface area is 65.3 Å². The number of nitrogens with zero attached hydrogens (tertiary/aromatic N) is 1. The van der Waals surface area contributed by atoms with Crippen molar-refractivity contribution < 1.29 is 14.6 Å². The molecule has 0 radical (unpaired) electrons. The minimum atomic E-state index is -0.506. The topological polar surface area (TPSA) is 62.5 Å². The summed E-state index contributed by atoms with van der Waals surface area (Å²) in [6, 6.07) is 2.00. The van der Waals surface area contributed by atoms with Gasteiger partial charge in [-0.3, -0.25) is 0 Å². The Bertz CT molecular complexity index is 146. The van der Waals surface area contributed by atoms with Crippen LogP contribution in [0.1, 0.15) is 12.8 Å². The van der Waals surface area contributed by atoms with Crippen molar-refractivity contribution in [1.82, 2.24) is 0 Å². The van der Waals surface area contributed by atoms with Crippen molar-refractivity contribution >= 4 is 0 Å². The molecule has 1 rings (SSSR count). The van der Waals surface area contributed by atoms with Crippen LogP contribution in [0, 0.1) is 11.3 Å². The molecule has 1 fully saturated rings. The number of aliphatic hydroxyl groups is 1. The zero-order valence-electron chi connectivity index (χ0n) is 6.19. The van der Waals surface area contributed by atoms with Crippen molar-refractivity contribution in [3.63, 3.8) is 0 Å². The molecule has 1 N–H and O–H groups in total. The van der Waals surface area contributed by atoms with Crippen molar-refractivity contribution in [3.8, 4) is 6.07 Å². The van der Waals surface area contributed by atoms with Crippen LogP contribution in [0.15, 0.2) is 0 Å². The van der Waals surface area contributed by atoms with Crippen LogP contribution >= 0.6 is 0 Å². The molecule has 0 spiro atoms. The standard InChI is InChI=1S/C7H11NO3/c8-3-1-2-7-10-4-6(9)5-11-7/h6-7,9H,1-2,4-5H2. The predicted octanol–water partition coefficient (Wildman–Crippen LogP) is 0.0240. The first kappa shape index (κ1) is 8.47. The van der Waals surface area contributed by atoms with Crippen LogP contribution in [0.25, 0.3) is 0 Å². The predicted molar refractivity (Wildman–Crippen MR) is 36.5 cm³/mol. The van der Waals surface area contributed by atoms with Crippen molar-refractivity contribution in [3.05, 3.63) is 0 Å². The largest absolute Gasteiger partial charge is 0.388 e. The van der Waals surface area contributed by atoms with E-state index in [0.29, 0.717) is 26.1 Å². The highest BCUT2D eigenvalue weighted by atomic mass is 16.7. The van der Waals surface area contributed by atoms with Gasteiger partial charge in [-0.2, -0.15) is 5.26 Å². The minimum absolute atomic E-state index is 0.293. The smallest absolute Gasteiger partial charge is 0.158 e. The molecule has 0 aromatic heterocycles. The highest BCUT2D eigenvalue weighted by Gasteiger charge is 2.19. The second-order valence-corrected chi connectivity index (χ2v) is 2.45. The van der Waals surface area contributed by atoms with E-state index >= 15 is 0 Å². The average Bonchev–Trinajstić information content (AvgIpc) is 2.04. The Kier molecular flexibility index (Phi) is 3.30. The van der Waals surface area contributed by atoms with Crippen LogP contribution in [0.4, 0.5) is 0 Å². The summed E-state index contributed by atoms with van der Waals surface area (Å²) in [6.07, 6.45) is 0.218. The van der Waals surface area contributed by atoms with Gasteiger partial charge >= 0.3 is 0 Å². The molecular weight excluding hydrogens is 146 g/mol. The van der Waals surface area contributed by atoms with Crippen molar-refractivity contribution in [2.75, 3.05) is 13.2 Å². The van der Waals surface area contributed by atoms with Gasteiger partial charge in [-0.05, 0) is 0 Å². The van der Waals surface area contributed by atoms with Crippen molar-refractivity contribution in [1.29, 1.82) is 5.26 Å². The van der Waals surface area contributed by atoms with Gasteiger partial charge in [0.05, 0.1) is 19.3 Å². The second-order valence-electron chi connectivity index (χ2n) is 2.45. The Morgan fingerprint density at radius 2 is 2.09 bits per heavy atom. The molecule has 1 heterocycles. The molecule has 0 saturated carbocycles. The van der Waals surface area contributed by atoms with E-state index in [1.165, 1.54) is 0 Å². The Morgan fingerprint density at radius 3 is 2.64 bits per heavy atom. The summed E-state index contributed by atoms with van der Waals surface area (Å²) in [6.45, 7) is 0.631. The lowest BCUT2D eigenvalue weighted by Gasteiger charge is -2.25. The fraction of sp³-hybridized carbons (Fsp3) is 0.857. The summed E-state index contributed by atoms with van der Waals surface area (Å²) in [4.78, 5) is 0. The van der Waals surface area contributed by atoms with E-state index in [1.807, 2.05) is 6.07 Å². The fourth-order valence-electron chi connectivity index (χ4n) is 0.882. The molecule has 0 atom stereocenters. The summed E-state index contributed by atoms with van der Waals surface area (Å²) in [5.74, 6) is 0. The van der Waals surface area contributed by atoms with E-state index in [2.05, 4.69) is 0 Å². The maximum atomic E-state index is 8.94. The molecule has 1 aliphatic rings. The Morgan fingerprint density at radius 1 is 1.45 bits per heavy atom. The minimum Gasteiger partial charge on any atom is -0.388 e. The zero-order valence-corrected chi connectivity index (χ0v) is 6.19. The van der Waals surface area contributed by atoms with Gasteiger partial charge in [0.1, 0.15) is 6.10 Å². The number of hydrogen-bond acceptors (Lipinski definition) is 4. The lowest BCUT2D eigenvalue weighted by molar-refractivity contribution is -0.217. The van der Waals surface area contributed by atoms with Gasteiger partial charge in [-0.15, -0.1) is 0 Å². The van der Waals surface area contributed by atoms with Gasteiger partial charge in [0.2, 0.25) is 0 Å². The van der Waals surface area contributed by atoms with Gasteiger partial charge in [-0.1, -0.05) is 0 Å². The number of ether oxygens (including phenoxy) is 2. The monoisotopic (exact) mass is 157 g/mol. The first-order chi connectivity index (χ1) is 5.33. The second kappa shape index (κ2) is 4.29. The first-order valence-electron chi connectivity index (χ1n) is 3.61. The third kappa shape index (κ3) is 2.85. The van der Waals surface area contributed by atoms with E-state index in [-0.39, 0.29) is 6.29 Å². The van der Waals surface area contributed by atoms with Gasteiger partial charge in [0, 0.05) is 12.8 Å². The molecule has 0 aromatic carbocycles. The number of nitriles is 1. The highest BCUT2D eigenvalue weighted by Crippen LogP contribution is 2.10. The van der Waals surface area contributed by atoms with Gasteiger partial charge in [-0.25, -0.2) is 0 Å². The lowest BCUT2D eigenvalue weighted by Crippen LogP contribution is -2.35. The average molecular weight is 157 g/mol. The van der Waals surface area contributed by atoms with Gasteiger partial charge < -0.3 is 14.6 Å². The van der Waals surface area contributed by atoms with Crippen LogP contribution in [0.2, 0.25) is 0 Å². The van der Waals surface area contributed by atoms with E-state index < -0.39 is 6.10 Å². The quantitative estimate of drug-likeness (QED) is 0.614. The van der Waals surface area contributed by atoms with E-state index in [9.17, 15) is 0 Å². The molecule has 4 heteroatoms. The summed E-state index contributed by atoms with van der Waals surface area (Å²) in [5, 5.41) is 17.2. The summed E-state index contributed by atoms with van der Waals surface area (Å²) >= 11 is 0. The zero-order chi connectivity index (χ0) is 8.10. The van der Waals surface area contributed by atoms with Gasteiger partial charge in [0.25, 0.3) is 0 Å². The van der Waals surface area contributed by atoms with Crippen molar-refractivity contribution in [2.24, 2.45) is 0 Å². The summed E-state index contributed by atoms with van der Waals surface area (Å²) < 4.78 is 10.1. The third-order valence-electron chi connectivity index (χ3n) is 1.44. The molecule has 1 aliphatic heterocycles. The van der Waals surface area contributed by atoms with Crippen LogP contribution in [-0.4, -0.2) is 30.7 Å². The van der Waals surface area contributed by atoms with E-state index in [4.69, 9.17) is 19.8 Å². The molecule has 62 valence electrons. The molecule has 1 saturated heterocycles.